The van der Waals surface area contributed by atoms with Crippen LogP contribution >= 0.6 is 0 Å². The van der Waals surface area contributed by atoms with Crippen molar-refractivity contribution in [2.24, 2.45) is 0 Å². The van der Waals surface area contributed by atoms with Crippen LogP contribution < -0.4 is 9.47 Å². The number of hydrogen-bond donors (Lipinski definition) is 2. The maximum atomic E-state index is 11.9. The zero-order chi connectivity index (χ0) is 21.8. The minimum Gasteiger partial charge on any atom is -0.424 e. The number of benzene rings is 2. The van der Waals surface area contributed by atoms with E-state index in [4.69, 9.17) is 9.47 Å². The zero-order valence-electron chi connectivity index (χ0n) is 17.8. The highest BCUT2D eigenvalue weighted by Crippen LogP contribution is 2.30. The molecule has 0 aliphatic carbocycles. The summed E-state index contributed by atoms with van der Waals surface area (Å²) in [5, 5.41) is 1.78. The number of nitrogens with one attached hydrogen (secondary N) is 2. The highest BCUT2D eigenvalue weighted by atomic mass is 16.5. The summed E-state index contributed by atoms with van der Waals surface area (Å²) >= 11 is 0. The Morgan fingerprint density at radius 3 is 1.61 bits per heavy atom. The van der Waals surface area contributed by atoms with E-state index in [0.717, 1.165) is 45.8 Å². The van der Waals surface area contributed by atoms with Gasteiger partial charge in [0.2, 0.25) is 0 Å². The molecule has 6 nitrogen and oxygen atoms in total. The fourth-order valence-electron chi connectivity index (χ4n) is 3.66. The number of fused-ring (bicyclic) bond motifs is 2. The second kappa shape index (κ2) is 9.08. The van der Waals surface area contributed by atoms with Crippen LogP contribution in [0.2, 0.25) is 0 Å². The molecule has 0 fully saturated rings. The van der Waals surface area contributed by atoms with Crippen molar-refractivity contribution in [3.05, 3.63) is 59.9 Å². The molecule has 6 heteroatoms. The fourth-order valence-corrected chi connectivity index (χ4v) is 3.66. The van der Waals surface area contributed by atoms with Gasteiger partial charge in [0.1, 0.15) is 0 Å². The van der Waals surface area contributed by atoms with Crippen LogP contribution in [0.4, 0.5) is 0 Å². The van der Waals surface area contributed by atoms with E-state index in [1.165, 1.54) is 0 Å². The molecule has 0 aliphatic rings. The van der Waals surface area contributed by atoms with E-state index in [1.54, 1.807) is 12.4 Å². The van der Waals surface area contributed by atoms with Crippen LogP contribution in [0.5, 0.6) is 11.5 Å². The largest absolute Gasteiger partial charge is 0.424 e. The molecule has 0 saturated heterocycles. The SMILES string of the molecule is CCCC(=O)Oc1c[nH]c2ccc(Cc3ccc4[nH]cc(OC(=O)CCC)c4c3)cc12. The summed E-state index contributed by atoms with van der Waals surface area (Å²) in [5.41, 5.74) is 4.04. The van der Waals surface area contributed by atoms with Gasteiger partial charge in [-0.3, -0.25) is 9.59 Å². The number of esters is 2. The molecule has 4 rings (SSSR count). The molecule has 4 aromatic rings. The molecule has 0 unspecified atom stereocenters. The van der Waals surface area contributed by atoms with Crippen LogP contribution in [0, 0.1) is 0 Å². The third-order valence-electron chi connectivity index (χ3n) is 5.18. The lowest BCUT2D eigenvalue weighted by Gasteiger charge is -2.06. The quantitative estimate of drug-likeness (QED) is 0.362. The monoisotopic (exact) mass is 418 g/mol. The number of rotatable bonds is 8. The maximum Gasteiger partial charge on any atom is 0.311 e. The maximum absolute atomic E-state index is 11.9. The summed E-state index contributed by atoms with van der Waals surface area (Å²) in [6, 6.07) is 12.2. The van der Waals surface area contributed by atoms with E-state index in [1.807, 2.05) is 38.1 Å². The molecular weight excluding hydrogens is 392 g/mol. The first-order chi connectivity index (χ1) is 15.1. The molecule has 31 heavy (non-hydrogen) atoms. The van der Waals surface area contributed by atoms with Gasteiger partial charge in [-0.2, -0.15) is 0 Å². The first kappa shape index (κ1) is 20.7. The van der Waals surface area contributed by atoms with Gasteiger partial charge in [0.25, 0.3) is 0 Å². The van der Waals surface area contributed by atoms with Crippen LogP contribution in [0.1, 0.15) is 50.7 Å². The number of H-pyrrole nitrogens is 2. The van der Waals surface area contributed by atoms with E-state index in [9.17, 15) is 9.59 Å². The van der Waals surface area contributed by atoms with Crippen molar-refractivity contribution in [1.29, 1.82) is 0 Å². The summed E-state index contributed by atoms with van der Waals surface area (Å²) in [6.45, 7) is 3.90. The topological polar surface area (TPSA) is 84.2 Å². The Hall–Kier alpha value is -3.54. The van der Waals surface area contributed by atoms with Crippen molar-refractivity contribution in [3.8, 4) is 11.5 Å². The van der Waals surface area contributed by atoms with Gasteiger partial charge in [0, 0.05) is 47.0 Å². The van der Waals surface area contributed by atoms with Gasteiger partial charge in [0.15, 0.2) is 11.5 Å². The lowest BCUT2D eigenvalue weighted by atomic mass is 10.0. The Kier molecular flexibility index (Phi) is 6.07. The third kappa shape index (κ3) is 4.63. The van der Waals surface area contributed by atoms with Crippen molar-refractivity contribution >= 4 is 33.7 Å². The molecule has 2 aromatic heterocycles. The molecule has 2 aromatic carbocycles. The average molecular weight is 418 g/mol. The van der Waals surface area contributed by atoms with Gasteiger partial charge in [-0.15, -0.1) is 0 Å². The molecule has 2 heterocycles. The second-order valence-corrected chi connectivity index (χ2v) is 7.69. The Labute approximate surface area is 180 Å². The van der Waals surface area contributed by atoms with Gasteiger partial charge in [-0.1, -0.05) is 26.0 Å². The Morgan fingerprint density at radius 2 is 1.19 bits per heavy atom. The highest BCUT2D eigenvalue weighted by Gasteiger charge is 2.12. The first-order valence-corrected chi connectivity index (χ1v) is 10.7. The molecule has 0 radical (unpaired) electrons. The van der Waals surface area contributed by atoms with Crippen LogP contribution in [0.15, 0.2) is 48.8 Å². The van der Waals surface area contributed by atoms with Gasteiger partial charge >= 0.3 is 11.9 Å². The molecule has 0 amide bonds. The molecule has 0 aliphatic heterocycles. The van der Waals surface area contributed by atoms with E-state index in [0.29, 0.717) is 30.8 Å². The van der Waals surface area contributed by atoms with Crippen molar-refractivity contribution in [1.82, 2.24) is 9.97 Å². The standard InChI is InChI=1S/C25H26N2O4/c1-3-5-24(28)30-22-14-26-20-9-7-16(12-18(20)22)11-17-8-10-21-19(13-17)23(15-27-21)31-25(29)6-4-2/h7-10,12-15,26-27H,3-6,11H2,1-2H3. The summed E-state index contributed by atoms with van der Waals surface area (Å²) in [6.07, 6.45) is 6.46. The van der Waals surface area contributed by atoms with Crippen molar-refractivity contribution in [2.75, 3.05) is 0 Å². The first-order valence-electron chi connectivity index (χ1n) is 10.7. The number of aromatic nitrogens is 2. The van der Waals surface area contributed by atoms with Crippen LogP contribution in [0.25, 0.3) is 21.8 Å². The van der Waals surface area contributed by atoms with E-state index in [-0.39, 0.29) is 11.9 Å². The molecule has 2 N–H and O–H groups in total. The summed E-state index contributed by atoms with van der Waals surface area (Å²) in [4.78, 5) is 30.1. The predicted molar refractivity (Wildman–Crippen MR) is 120 cm³/mol. The van der Waals surface area contributed by atoms with Gasteiger partial charge < -0.3 is 19.4 Å². The summed E-state index contributed by atoms with van der Waals surface area (Å²) in [7, 11) is 0. The third-order valence-corrected chi connectivity index (χ3v) is 5.18. The van der Waals surface area contributed by atoms with Crippen molar-refractivity contribution in [3.63, 3.8) is 0 Å². The average Bonchev–Trinajstić information content (AvgIpc) is 3.32. The summed E-state index contributed by atoms with van der Waals surface area (Å²) < 4.78 is 11.0. The normalized spacial score (nSPS) is 11.2. The highest BCUT2D eigenvalue weighted by molar-refractivity contribution is 5.90. The van der Waals surface area contributed by atoms with E-state index < -0.39 is 0 Å². The molecule has 0 atom stereocenters. The number of ether oxygens (including phenoxy) is 2. The van der Waals surface area contributed by atoms with E-state index >= 15 is 0 Å². The second-order valence-electron chi connectivity index (χ2n) is 7.69. The lowest BCUT2D eigenvalue weighted by molar-refractivity contribution is -0.135. The molecule has 0 bridgehead atoms. The van der Waals surface area contributed by atoms with Gasteiger partial charge in [-0.25, -0.2) is 0 Å². The minimum absolute atomic E-state index is 0.225. The van der Waals surface area contributed by atoms with E-state index in [2.05, 4.69) is 22.1 Å². The summed E-state index contributed by atoms with van der Waals surface area (Å²) in [5.74, 6) is 0.664. The van der Waals surface area contributed by atoms with Crippen LogP contribution in [0.3, 0.4) is 0 Å². The molecule has 160 valence electrons. The lowest BCUT2D eigenvalue weighted by Crippen LogP contribution is -2.06. The zero-order valence-corrected chi connectivity index (χ0v) is 17.8. The van der Waals surface area contributed by atoms with Crippen LogP contribution in [-0.2, 0) is 16.0 Å². The minimum atomic E-state index is -0.225. The van der Waals surface area contributed by atoms with Gasteiger partial charge in [0.05, 0.1) is 0 Å². The fraction of sp³-hybridized carbons (Fsp3) is 0.280. The molecule has 0 spiro atoms. The number of carbonyl (C=O) groups is 2. The van der Waals surface area contributed by atoms with Gasteiger partial charge in [-0.05, 0) is 54.7 Å². The van der Waals surface area contributed by atoms with Crippen molar-refractivity contribution in [2.45, 2.75) is 46.0 Å². The Balaban J connectivity index is 1.58. The number of carbonyl (C=O) groups excluding carboxylic acids is 2. The van der Waals surface area contributed by atoms with Crippen LogP contribution in [-0.4, -0.2) is 21.9 Å². The smallest absolute Gasteiger partial charge is 0.311 e. The Bertz CT molecular complexity index is 1140. The molecular formula is C25H26N2O4. The van der Waals surface area contributed by atoms with Crippen molar-refractivity contribution < 1.29 is 19.1 Å². The molecule has 0 saturated carbocycles. The number of aromatic amines is 2. The Morgan fingerprint density at radius 1 is 0.742 bits per heavy atom. The number of hydrogen-bond acceptors (Lipinski definition) is 4. The predicted octanol–water partition coefficient (Wildman–Crippen LogP) is 5.65.